The summed E-state index contributed by atoms with van der Waals surface area (Å²) in [6.45, 7) is 4.84. The number of aromatic amines is 1. The maximum absolute atomic E-state index is 11.5. The Morgan fingerprint density at radius 3 is 2.81 bits per heavy atom. The number of ether oxygens (including phenoxy) is 1. The lowest BCUT2D eigenvalue weighted by Gasteiger charge is -2.12. The predicted octanol–water partition coefficient (Wildman–Crippen LogP) is 1.93. The minimum atomic E-state index is -0.172. The molecule has 0 aliphatic heterocycles. The van der Waals surface area contributed by atoms with Crippen molar-refractivity contribution in [3.8, 4) is 5.75 Å². The molecule has 4 N–H and O–H groups in total. The van der Waals surface area contributed by atoms with E-state index >= 15 is 0 Å². The normalized spacial score (nSPS) is 10.4. The zero-order chi connectivity index (χ0) is 15.2. The summed E-state index contributed by atoms with van der Waals surface area (Å²) in [6, 6.07) is 7.07. The van der Waals surface area contributed by atoms with Crippen LogP contribution in [0, 0.1) is 0 Å². The molecular formula is C15H20N4O2. The van der Waals surface area contributed by atoms with E-state index in [2.05, 4.69) is 15.3 Å². The fourth-order valence-electron chi connectivity index (χ4n) is 2.00. The summed E-state index contributed by atoms with van der Waals surface area (Å²) >= 11 is 0. The summed E-state index contributed by atoms with van der Waals surface area (Å²) in [7, 11) is 0. The largest absolute Gasteiger partial charge is 0.494 e. The third-order valence-corrected chi connectivity index (χ3v) is 2.98. The smallest absolute Gasteiger partial charge is 0.252 e. The van der Waals surface area contributed by atoms with E-state index in [0.717, 1.165) is 17.0 Å². The molecule has 0 saturated heterocycles. The van der Waals surface area contributed by atoms with E-state index in [4.69, 9.17) is 10.5 Å². The van der Waals surface area contributed by atoms with Gasteiger partial charge in [-0.15, -0.1) is 0 Å². The second-order valence-corrected chi connectivity index (χ2v) is 4.52. The molecule has 21 heavy (non-hydrogen) atoms. The van der Waals surface area contributed by atoms with E-state index in [1.807, 2.05) is 32.0 Å². The van der Waals surface area contributed by atoms with Gasteiger partial charge in [0.15, 0.2) is 0 Å². The molecule has 2 rings (SSSR count). The molecule has 1 aromatic carbocycles. The van der Waals surface area contributed by atoms with Gasteiger partial charge in [0.1, 0.15) is 17.4 Å². The van der Waals surface area contributed by atoms with Crippen LogP contribution in [0.3, 0.4) is 0 Å². The number of nitrogens with one attached hydrogen (secondary N) is 2. The van der Waals surface area contributed by atoms with Gasteiger partial charge in [-0.1, -0.05) is 6.92 Å². The van der Waals surface area contributed by atoms with Crippen LogP contribution in [0.1, 0.15) is 25.2 Å². The van der Waals surface area contributed by atoms with Gasteiger partial charge in [-0.3, -0.25) is 4.79 Å². The number of nitrogens with zero attached hydrogens (tertiary/aromatic N) is 1. The summed E-state index contributed by atoms with van der Waals surface area (Å²) < 4.78 is 5.51. The molecule has 0 atom stereocenters. The van der Waals surface area contributed by atoms with Crippen molar-refractivity contribution < 1.29 is 4.74 Å². The standard InChI is InChI=1S/C15H20N4O2/c1-3-13-18-14(8-15(20)19-13)17-11-5-6-12(21-4-2)10(7-11)9-16/h5-8H,3-4,9,16H2,1-2H3,(H2,17,18,19,20). The third kappa shape index (κ3) is 3.82. The molecule has 6 nitrogen and oxygen atoms in total. The van der Waals surface area contributed by atoms with Crippen LogP contribution in [0.2, 0.25) is 0 Å². The Labute approximate surface area is 123 Å². The molecule has 1 aromatic heterocycles. The van der Waals surface area contributed by atoms with Crippen LogP contribution in [0.25, 0.3) is 0 Å². The molecule has 2 aromatic rings. The van der Waals surface area contributed by atoms with Gasteiger partial charge in [-0.05, 0) is 25.1 Å². The van der Waals surface area contributed by atoms with Crippen LogP contribution in [0.5, 0.6) is 5.75 Å². The van der Waals surface area contributed by atoms with Crippen LogP contribution in [0.4, 0.5) is 11.5 Å². The summed E-state index contributed by atoms with van der Waals surface area (Å²) in [5.74, 6) is 1.94. The fraction of sp³-hybridized carbons (Fsp3) is 0.333. The Morgan fingerprint density at radius 1 is 1.33 bits per heavy atom. The summed E-state index contributed by atoms with van der Waals surface area (Å²) in [6.07, 6.45) is 0.669. The van der Waals surface area contributed by atoms with E-state index in [1.165, 1.54) is 6.07 Å². The van der Waals surface area contributed by atoms with Crippen molar-refractivity contribution in [1.29, 1.82) is 0 Å². The highest BCUT2D eigenvalue weighted by Gasteiger charge is 2.05. The SMILES string of the molecule is CCOc1ccc(Nc2cc(=O)[nH]c(CC)n2)cc1CN. The first-order chi connectivity index (χ1) is 10.2. The van der Waals surface area contributed by atoms with Gasteiger partial charge in [0.25, 0.3) is 5.56 Å². The zero-order valence-electron chi connectivity index (χ0n) is 12.3. The molecular weight excluding hydrogens is 268 g/mol. The molecule has 112 valence electrons. The van der Waals surface area contributed by atoms with Gasteiger partial charge in [0.05, 0.1) is 6.61 Å². The minimum absolute atomic E-state index is 0.172. The molecule has 0 spiro atoms. The first-order valence-electron chi connectivity index (χ1n) is 6.99. The van der Waals surface area contributed by atoms with Crippen molar-refractivity contribution in [2.24, 2.45) is 5.73 Å². The van der Waals surface area contributed by atoms with Crippen LogP contribution >= 0.6 is 0 Å². The molecule has 0 fully saturated rings. The highest BCUT2D eigenvalue weighted by atomic mass is 16.5. The van der Waals surface area contributed by atoms with Crippen LogP contribution < -0.4 is 21.3 Å². The second kappa shape index (κ2) is 6.90. The topological polar surface area (TPSA) is 93.0 Å². The maximum Gasteiger partial charge on any atom is 0.252 e. The highest BCUT2D eigenvalue weighted by molar-refractivity contribution is 5.59. The molecule has 0 bridgehead atoms. The molecule has 0 amide bonds. The Kier molecular flexibility index (Phi) is 4.94. The fourth-order valence-corrected chi connectivity index (χ4v) is 2.00. The van der Waals surface area contributed by atoms with Gasteiger partial charge in [-0.25, -0.2) is 4.98 Å². The van der Waals surface area contributed by atoms with Gasteiger partial charge >= 0.3 is 0 Å². The number of aromatic nitrogens is 2. The van der Waals surface area contributed by atoms with E-state index in [-0.39, 0.29) is 5.56 Å². The van der Waals surface area contributed by atoms with E-state index in [1.54, 1.807) is 0 Å². The van der Waals surface area contributed by atoms with Crippen LogP contribution in [-0.4, -0.2) is 16.6 Å². The van der Waals surface area contributed by atoms with E-state index in [0.29, 0.717) is 31.2 Å². The number of benzene rings is 1. The zero-order valence-corrected chi connectivity index (χ0v) is 12.3. The predicted molar refractivity (Wildman–Crippen MR) is 83.0 cm³/mol. The van der Waals surface area contributed by atoms with E-state index in [9.17, 15) is 4.79 Å². The first-order valence-corrected chi connectivity index (χ1v) is 6.99. The quantitative estimate of drug-likeness (QED) is 0.755. The van der Waals surface area contributed by atoms with Gasteiger partial charge in [0.2, 0.25) is 0 Å². The Bertz CT molecular complexity index is 667. The number of H-pyrrole nitrogens is 1. The van der Waals surface area contributed by atoms with Crippen molar-refractivity contribution in [3.63, 3.8) is 0 Å². The maximum atomic E-state index is 11.5. The Hall–Kier alpha value is -2.34. The highest BCUT2D eigenvalue weighted by Crippen LogP contribution is 2.24. The number of hydrogen-bond acceptors (Lipinski definition) is 5. The van der Waals surface area contributed by atoms with Crippen LogP contribution in [-0.2, 0) is 13.0 Å². The van der Waals surface area contributed by atoms with Gasteiger partial charge < -0.3 is 20.8 Å². The minimum Gasteiger partial charge on any atom is -0.494 e. The van der Waals surface area contributed by atoms with Crippen molar-refractivity contribution >= 4 is 11.5 Å². The number of hydrogen-bond donors (Lipinski definition) is 3. The number of rotatable bonds is 6. The average molecular weight is 288 g/mol. The lowest BCUT2D eigenvalue weighted by molar-refractivity contribution is 0.336. The lowest BCUT2D eigenvalue weighted by atomic mass is 10.1. The van der Waals surface area contributed by atoms with Gasteiger partial charge in [0, 0.05) is 30.3 Å². The van der Waals surface area contributed by atoms with Crippen LogP contribution in [0.15, 0.2) is 29.1 Å². The van der Waals surface area contributed by atoms with E-state index < -0.39 is 0 Å². The van der Waals surface area contributed by atoms with Crippen molar-refractivity contribution in [2.75, 3.05) is 11.9 Å². The van der Waals surface area contributed by atoms with Gasteiger partial charge in [-0.2, -0.15) is 0 Å². The summed E-state index contributed by atoms with van der Waals surface area (Å²) in [5, 5.41) is 3.12. The molecule has 0 aliphatic carbocycles. The lowest BCUT2D eigenvalue weighted by Crippen LogP contribution is -2.12. The second-order valence-electron chi connectivity index (χ2n) is 4.52. The monoisotopic (exact) mass is 288 g/mol. The number of aryl methyl sites for hydroxylation is 1. The van der Waals surface area contributed by atoms with Crippen molar-refractivity contribution in [2.45, 2.75) is 26.8 Å². The molecule has 0 saturated carbocycles. The first kappa shape index (κ1) is 15.1. The Balaban J connectivity index is 2.27. The molecule has 1 heterocycles. The summed E-state index contributed by atoms with van der Waals surface area (Å²) in [5.41, 5.74) is 7.29. The number of nitrogens with two attached hydrogens (primary N) is 1. The van der Waals surface area contributed by atoms with Crippen molar-refractivity contribution in [1.82, 2.24) is 9.97 Å². The van der Waals surface area contributed by atoms with Crippen molar-refractivity contribution in [3.05, 3.63) is 46.0 Å². The Morgan fingerprint density at radius 2 is 2.14 bits per heavy atom. The molecule has 0 unspecified atom stereocenters. The molecule has 0 radical (unpaired) electrons. The number of anilines is 2. The molecule has 0 aliphatic rings. The third-order valence-electron chi connectivity index (χ3n) is 2.98. The average Bonchev–Trinajstić information content (AvgIpc) is 2.48. The summed E-state index contributed by atoms with van der Waals surface area (Å²) in [4.78, 5) is 18.6. The molecule has 6 heteroatoms.